The first kappa shape index (κ1) is 7.41. The van der Waals surface area contributed by atoms with Crippen LogP contribution in [-0.4, -0.2) is 5.60 Å². The summed E-state index contributed by atoms with van der Waals surface area (Å²) in [6.07, 6.45) is 2.81. The van der Waals surface area contributed by atoms with Gasteiger partial charge in [0.05, 0.1) is 0 Å². The number of rotatable bonds is 1. The van der Waals surface area contributed by atoms with Crippen molar-refractivity contribution in [2.24, 2.45) is 0 Å². The third kappa shape index (κ3) is 1.02. The molecule has 1 heterocycles. The summed E-state index contributed by atoms with van der Waals surface area (Å²) in [7, 11) is 0. The van der Waals surface area contributed by atoms with E-state index in [0.29, 0.717) is 0 Å². The topological polar surface area (TPSA) is 9.23 Å². The van der Waals surface area contributed by atoms with E-state index in [4.69, 9.17) is 4.74 Å². The van der Waals surface area contributed by atoms with E-state index in [1.807, 2.05) is 24.3 Å². The number of ether oxygens (including phenoxy) is 1. The molecule has 1 nitrogen and oxygen atoms in total. The molecular formula is C11H12O. The summed E-state index contributed by atoms with van der Waals surface area (Å²) < 4.78 is 5.73. The Labute approximate surface area is 72.7 Å². The van der Waals surface area contributed by atoms with Crippen molar-refractivity contribution < 1.29 is 4.74 Å². The molecule has 1 heteroatoms. The lowest BCUT2D eigenvalue weighted by Gasteiger charge is -2.18. The van der Waals surface area contributed by atoms with Gasteiger partial charge in [-0.2, -0.15) is 0 Å². The van der Waals surface area contributed by atoms with Gasteiger partial charge in [-0.3, -0.25) is 0 Å². The highest BCUT2D eigenvalue weighted by molar-refractivity contribution is 5.40. The van der Waals surface area contributed by atoms with Crippen LogP contribution >= 0.6 is 0 Å². The average molecular weight is 160 g/mol. The quantitative estimate of drug-likeness (QED) is 0.574. The summed E-state index contributed by atoms with van der Waals surface area (Å²) in [6, 6.07) is 8.14. The maximum atomic E-state index is 5.73. The van der Waals surface area contributed by atoms with Crippen molar-refractivity contribution in [1.82, 2.24) is 0 Å². The zero-order valence-corrected chi connectivity index (χ0v) is 7.21. The molecule has 0 fully saturated rings. The van der Waals surface area contributed by atoms with Crippen LogP contribution in [-0.2, 0) is 6.42 Å². The molecule has 2 rings (SSSR count). The molecule has 1 aromatic rings. The highest BCUT2D eigenvalue weighted by atomic mass is 16.5. The minimum Gasteiger partial charge on any atom is -0.483 e. The molecule has 0 radical (unpaired) electrons. The standard InChI is InChI=1S/C11H12O/c1-3-11(2)8-9-6-4-5-7-10(9)12-11/h3-7H,1,8H2,2H3. The van der Waals surface area contributed by atoms with Gasteiger partial charge in [-0.05, 0) is 24.6 Å². The fourth-order valence-corrected chi connectivity index (χ4v) is 1.53. The summed E-state index contributed by atoms with van der Waals surface area (Å²) in [5.74, 6) is 1.000. The molecule has 0 spiro atoms. The Morgan fingerprint density at radius 1 is 1.50 bits per heavy atom. The lowest BCUT2D eigenvalue weighted by atomic mass is 10.00. The summed E-state index contributed by atoms with van der Waals surface area (Å²) in [4.78, 5) is 0. The maximum absolute atomic E-state index is 5.73. The van der Waals surface area contributed by atoms with Crippen LogP contribution in [0.3, 0.4) is 0 Å². The molecule has 0 amide bonds. The molecule has 1 aromatic carbocycles. The second-order valence-electron chi connectivity index (χ2n) is 3.40. The van der Waals surface area contributed by atoms with Crippen molar-refractivity contribution >= 4 is 0 Å². The highest BCUT2D eigenvalue weighted by Gasteiger charge is 2.30. The van der Waals surface area contributed by atoms with Crippen molar-refractivity contribution in [1.29, 1.82) is 0 Å². The van der Waals surface area contributed by atoms with Crippen LogP contribution in [0.4, 0.5) is 0 Å². The number of hydrogen-bond acceptors (Lipinski definition) is 1. The molecule has 12 heavy (non-hydrogen) atoms. The molecule has 0 aliphatic carbocycles. The largest absolute Gasteiger partial charge is 0.483 e. The number of hydrogen-bond donors (Lipinski definition) is 0. The van der Waals surface area contributed by atoms with Gasteiger partial charge in [0.25, 0.3) is 0 Å². The van der Waals surface area contributed by atoms with Gasteiger partial charge in [-0.15, -0.1) is 0 Å². The predicted octanol–water partition coefficient (Wildman–Crippen LogP) is 2.57. The minimum absolute atomic E-state index is 0.191. The van der Waals surface area contributed by atoms with Crippen molar-refractivity contribution in [2.75, 3.05) is 0 Å². The normalized spacial score (nSPS) is 26.1. The molecular weight excluding hydrogens is 148 g/mol. The SMILES string of the molecule is C=CC1(C)Cc2ccccc2O1. The molecule has 0 N–H and O–H groups in total. The predicted molar refractivity (Wildman–Crippen MR) is 49.4 cm³/mol. The Hall–Kier alpha value is -1.24. The summed E-state index contributed by atoms with van der Waals surface area (Å²) >= 11 is 0. The smallest absolute Gasteiger partial charge is 0.128 e. The Bertz CT molecular complexity index is 290. The molecule has 0 bridgehead atoms. The Kier molecular flexibility index (Phi) is 1.47. The molecule has 0 saturated heterocycles. The van der Waals surface area contributed by atoms with Gasteiger partial charge in [0.1, 0.15) is 11.4 Å². The van der Waals surface area contributed by atoms with Gasteiger partial charge >= 0.3 is 0 Å². The lowest BCUT2D eigenvalue weighted by Crippen LogP contribution is -2.26. The number of para-hydroxylation sites is 1. The summed E-state index contributed by atoms with van der Waals surface area (Å²) in [5, 5.41) is 0. The Morgan fingerprint density at radius 3 is 2.92 bits per heavy atom. The first-order valence-corrected chi connectivity index (χ1v) is 4.14. The van der Waals surface area contributed by atoms with Crippen LogP contribution < -0.4 is 4.74 Å². The monoisotopic (exact) mass is 160 g/mol. The second kappa shape index (κ2) is 2.37. The number of fused-ring (bicyclic) bond motifs is 1. The van der Waals surface area contributed by atoms with Gasteiger partial charge in [0, 0.05) is 6.42 Å². The van der Waals surface area contributed by atoms with Gasteiger partial charge in [-0.25, -0.2) is 0 Å². The van der Waals surface area contributed by atoms with Crippen LogP contribution in [0, 0.1) is 0 Å². The van der Waals surface area contributed by atoms with Crippen LogP contribution in [0.2, 0.25) is 0 Å². The van der Waals surface area contributed by atoms with Crippen LogP contribution in [0.5, 0.6) is 5.75 Å². The molecule has 0 aromatic heterocycles. The third-order valence-electron chi connectivity index (χ3n) is 2.29. The second-order valence-corrected chi connectivity index (χ2v) is 3.40. The zero-order valence-electron chi connectivity index (χ0n) is 7.21. The molecule has 62 valence electrons. The average Bonchev–Trinajstić information content (AvgIpc) is 2.42. The van der Waals surface area contributed by atoms with E-state index < -0.39 is 0 Å². The lowest BCUT2D eigenvalue weighted by molar-refractivity contribution is 0.171. The van der Waals surface area contributed by atoms with Crippen molar-refractivity contribution in [3.63, 3.8) is 0 Å². The molecule has 0 saturated carbocycles. The van der Waals surface area contributed by atoms with E-state index in [2.05, 4.69) is 19.6 Å². The van der Waals surface area contributed by atoms with Gasteiger partial charge < -0.3 is 4.74 Å². The number of benzene rings is 1. The molecule has 1 aliphatic heterocycles. The fourth-order valence-electron chi connectivity index (χ4n) is 1.53. The van der Waals surface area contributed by atoms with E-state index in [1.165, 1.54) is 5.56 Å². The van der Waals surface area contributed by atoms with Gasteiger partial charge in [-0.1, -0.05) is 24.8 Å². The molecule has 1 unspecified atom stereocenters. The van der Waals surface area contributed by atoms with Gasteiger partial charge in [0.2, 0.25) is 0 Å². The Balaban J connectivity index is 2.39. The molecule has 1 aliphatic rings. The van der Waals surface area contributed by atoms with Gasteiger partial charge in [0.15, 0.2) is 0 Å². The van der Waals surface area contributed by atoms with E-state index in [-0.39, 0.29) is 5.60 Å². The van der Waals surface area contributed by atoms with Crippen molar-refractivity contribution in [3.8, 4) is 5.75 Å². The summed E-state index contributed by atoms with van der Waals surface area (Å²) in [5.41, 5.74) is 1.09. The van der Waals surface area contributed by atoms with E-state index in [1.54, 1.807) is 0 Å². The first-order chi connectivity index (χ1) is 5.73. The Morgan fingerprint density at radius 2 is 2.25 bits per heavy atom. The minimum atomic E-state index is -0.191. The zero-order chi connectivity index (χ0) is 8.60. The summed E-state index contributed by atoms with van der Waals surface area (Å²) in [6.45, 7) is 5.83. The van der Waals surface area contributed by atoms with Crippen LogP contribution in [0.1, 0.15) is 12.5 Å². The fraction of sp³-hybridized carbons (Fsp3) is 0.273. The van der Waals surface area contributed by atoms with E-state index >= 15 is 0 Å². The first-order valence-electron chi connectivity index (χ1n) is 4.14. The van der Waals surface area contributed by atoms with Crippen LogP contribution in [0.15, 0.2) is 36.9 Å². The van der Waals surface area contributed by atoms with E-state index in [0.717, 1.165) is 12.2 Å². The highest BCUT2D eigenvalue weighted by Crippen LogP contribution is 2.34. The van der Waals surface area contributed by atoms with Crippen molar-refractivity contribution in [3.05, 3.63) is 42.5 Å². The van der Waals surface area contributed by atoms with Crippen molar-refractivity contribution in [2.45, 2.75) is 18.9 Å². The molecule has 1 atom stereocenters. The maximum Gasteiger partial charge on any atom is 0.128 e. The van der Waals surface area contributed by atoms with E-state index in [9.17, 15) is 0 Å². The third-order valence-corrected chi connectivity index (χ3v) is 2.29. The van der Waals surface area contributed by atoms with Crippen LogP contribution in [0.25, 0.3) is 0 Å².